The number of aromatic nitrogens is 7. The maximum Gasteiger partial charge on any atom is 0.271 e. The molecule has 1 N–H and O–H groups in total. The molecule has 0 aliphatic carbocycles. The van der Waals surface area contributed by atoms with Gasteiger partial charge in [0, 0.05) is 16.9 Å². The maximum atomic E-state index is 5.89. The third-order valence-corrected chi connectivity index (χ3v) is 3.68. The van der Waals surface area contributed by atoms with E-state index in [1.807, 2.05) is 19.1 Å². The summed E-state index contributed by atoms with van der Waals surface area (Å²) in [6, 6.07) is 9.06. The zero-order valence-corrected chi connectivity index (χ0v) is 13.3. The highest BCUT2D eigenvalue weighted by molar-refractivity contribution is 6.30. The van der Waals surface area contributed by atoms with Crippen molar-refractivity contribution >= 4 is 29.0 Å². The van der Waals surface area contributed by atoms with Gasteiger partial charge in [0.15, 0.2) is 0 Å². The Kier molecular flexibility index (Phi) is 3.51. The van der Waals surface area contributed by atoms with Gasteiger partial charge < -0.3 is 5.32 Å². The lowest BCUT2D eigenvalue weighted by atomic mass is 10.2. The molecular weight excluding hydrogens is 328 g/mol. The second kappa shape index (κ2) is 5.82. The molecule has 0 atom stereocenters. The third-order valence-electron chi connectivity index (χ3n) is 3.43. The number of anilines is 2. The van der Waals surface area contributed by atoms with Crippen molar-refractivity contribution in [3.8, 4) is 11.4 Å². The Balaban J connectivity index is 1.71. The van der Waals surface area contributed by atoms with Crippen LogP contribution in [0.3, 0.4) is 0 Å². The van der Waals surface area contributed by atoms with Gasteiger partial charge in [-0.1, -0.05) is 11.6 Å². The van der Waals surface area contributed by atoms with Gasteiger partial charge in [-0.25, -0.2) is 9.97 Å². The van der Waals surface area contributed by atoms with Crippen molar-refractivity contribution in [2.45, 2.75) is 6.92 Å². The minimum Gasteiger partial charge on any atom is -0.324 e. The van der Waals surface area contributed by atoms with Gasteiger partial charge in [-0.15, -0.1) is 10.2 Å². The monoisotopic (exact) mass is 338 g/mol. The number of halogens is 1. The molecule has 0 radical (unpaired) electrons. The fourth-order valence-corrected chi connectivity index (χ4v) is 2.38. The molecule has 8 nitrogen and oxygen atoms in total. The van der Waals surface area contributed by atoms with E-state index in [0.717, 1.165) is 11.4 Å². The van der Waals surface area contributed by atoms with Crippen molar-refractivity contribution in [1.29, 1.82) is 0 Å². The van der Waals surface area contributed by atoms with E-state index in [2.05, 4.69) is 35.6 Å². The van der Waals surface area contributed by atoms with Gasteiger partial charge in [-0.2, -0.15) is 14.6 Å². The maximum absolute atomic E-state index is 5.89. The van der Waals surface area contributed by atoms with Gasteiger partial charge in [0.25, 0.3) is 5.78 Å². The lowest BCUT2D eigenvalue weighted by Crippen LogP contribution is -2.05. The summed E-state index contributed by atoms with van der Waals surface area (Å²) >= 11 is 5.89. The average molecular weight is 339 g/mol. The third kappa shape index (κ3) is 2.63. The molecule has 0 spiro atoms. The summed E-state index contributed by atoms with van der Waals surface area (Å²) in [5.41, 5.74) is 2.90. The van der Waals surface area contributed by atoms with Gasteiger partial charge in [0.05, 0.1) is 11.4 Å². The Morgan fingerprint density at radius 3 is 2.71 bits per heavy atom. The molecule has 118 valence electrons. The van der Waals surface area contributed by atoms with Crippen LogP contribution in [0.5, 0.6) is 0 Å². The Bertz CT molecular complexity index is 1010. The minimum atomic E-state index is 0.449. The SMILES string of the molecule is Cc1c(-c2ccnc(Nc3ccc(Cl)cc3)n2)nnc2ncnn12. The predicted molar refractivity (Wildman–Crippen MR) is 89.1 cm³/mol. The number of benzene rings is 1. The van der Waals surface area contributed by atoms with Gasteiger partial charge in [-0.3, -0.25) is 0 Å². The van der Waals surface area contributed by atoms with Crippen LogP contribution in [0.25, 0.3) is 17.2 Å². The van der Waals surface area contributed by atoms with Crippen LogP contribution in [0.4, 0.5) is 11.6 Å². The van der Waals surface area contributed by atoms with E-state index < -0.39 is 0 Å². The van der Waals surface area contributed by atoms with E-state index in [1.165, 1.54) is 6.33 Å². The molecule has 0 aliphatic rings. The van der Waals surface area contributed by atoms with Crippen molar-refractivity contribution < 1.29 is 0 Å². The Labute approximate surface area is 141 Å². The zero-order valence-electron chi connectivity index (χ0n) is 12.5. The topological polar surface area (TPSA) is 93.8 Å². The summed E-state index contributed by atoms with van der Waals surface area (Å²) in [6.07, 6.45) is 3.10. The second-order valence-corrected chi connectivity index (χ2v) is 5.44. The largest absolute Gasteiger partial charge is 0.324 e. The lowest BCUT2D eigenvalue weighted by molar-refractivity contribution is 0.850. The summed E-state index contributed by atoms with van der Waals surface area (Å²) in [5, 5.41) is 16.2. The smallest absolute Gasteiger partial charge is 0.271 e. The van der Waals surface area contributed by atoms with Gasteiger partial charge in [0.1, 0.15) is 12.0 Å². The van der Waals surface area contributed by atoms with Crippen LogP contribution >= 0.6 is 11.6 Å². The zero-order chi connectivity index (χ0) is 16.5. The Morgan fingerprint density at radius 2 is 1.88 bits per heavy atom. The molecular formula is C15H11ClN8. The number of aryl methyl sites for hydroxylation is 1. The first-order valence-corrected chi connectivity index (χ1v) is 7.47. The van der Waals surface area contributed by atoms with Crippen LogP contribution in [0.15, 0.2) is 42.9 Å². The standard InChI is InChI=1S/C15H11ClN8/c1-9-13(22-23-15-18-8-19-24(9)15)12-6-7-17-14(21-12)20-11-4-2-10(16)3-5-11/h2-8H,1H3,(H,17,20,21). The van der Waals surface area contributed by atoms with Crippen LogP contribution in [-0.4, -0.2) is 34.8 Å². The number of nitrogens with one attached hydrogen (secondary N) is 1. The molecule has 4 rings (SSSR count). The number of hydrogen-bond donors (Lipinski definition) is 1. The van der Waals surface area contributed by atoms with Crippen LogP contribution in [0, 0.1) is 6.92 Å². The normalized spacial score (nSPS) is 10.9. The molecule has 0 unspecified atom stereocenters. The lowest BCUT2D eigenvalue weighted by Gasteiger charge is -2.08. The first kappa shape index (κ1) is 14.5. The first-order valence-electron chi connectivity index (χ1n) is 7.10. The van der Waals surface area contributed by atoms with Crippen molar-refractivity contribution in [3.05, 3.63) is 53.6 Å². The highest BCUT2D eigenvalue weighted by atomic mass is 35.5. The van der Waals surface area contributed by atoms with Crippen LogP contribution in [0.2, 0.25) is 5.02 Å². The predicted octanol–water partition coefficient (Wildman–Crippen LogP) is 2.68. The van der Waals surface area contributed by atoms with Gasteiger partial charge >= 0.3 is 0 Å². The summed E-state index contributed by atoms with van der Waals surface area (Å²) in [7, 11) is 0. The molecule has 0 bridgehead atoms. The summed E-state index contributed by atoms with van der Waals surface area (Å²) in [5.74, 6) is 0.902. The van der Waals surface area contributed by atoms with Crippen molar-refractivity contribution in [3.63, 3.8) is 0 Å². The van der Waals surface area contributed by atoms with Gasteiger partial charge in [0.2, 0.25) is 5.95 Å². The fourth-order valence-electron chi connectivity index (χ4n) is 2.26. The molecule has 0 amide bonds. The fraction of sp³-hybridized carbons (Fsp3) is 0.0667. The van der Waals surface area contributed by atoms with E-state index >= 15 is 0 Å². The molecule has 24 heavy (non-hydrogen) atoms. The molecule has 3 aromatic heterocycles. The Hall–Kier alpha value is -3.13. The highest BCUT2D eigenvalue weighted by Crippen LogP contribution is 2.21. The molecule has 9 heteroatoms. The number of hydrogen-bond acceptors (Lipinski definition) is 7. The van der Waals surface area contributed by atoms with Crippen LogP contribution in [0.1, 0.15) is 5.69 Å². The Morgan fingerprint density at radius 1 is 1.04 bits per heavy atom. The molecule has 0 saturated carbocycles. The van der Waals surface area contributed by atoms with Gasteiger partial charge in [-0.05, 0) is 37.3 Å². The quantitative estimate of drug-likeness (QED) is 0.613. The summed E-state index contributed by atoms with van der Waals surface area (Å²) < 4.78 is 1.62. The average Bonchev–Trinajstić information content (AvgIpc) is 3.07. The van der Waals surface area contributed by atoms with Crippen LogP contribution < -0.4 is 5.32 Å². The second-order valence-electron chi connectivity index (χ2n) is 5.00. The molecule has 3 heterocycles. The molecule has 1 aromatic carbocycles. The van der Waals surface area contributed by atoms with Crippen molar-refractivity contribution in [2.75, 3.05) is 5.32 Å². The van der Waals surface area contributed by atoms with E-state index in [9.17, 15) is 0 Å². The first-order chi connectivity index (χ1) is 11.7. The van der Waals surface area contributed by atoms with E-state index in [-0.39, 0.29) is 0 Å². The van der Waals surface area contributed by atoms with E-state index in [0.29, 0.717) is 28.1 Å². The van der Waals surface area contributed by atoms with E-state index in [4.69, 9.17) is 11.6 Å². The molecule has 0 aliphatic heterocycles. The number of rotatable bonds is 3. The van der Waals surface area contributed by atoms with Crippen molar-refractivity contribution in [1.82, 2.24) is 34.8 Å². The highest BCUT2D eigenvalue weighted by Gasteiger charge is 2.12. The molecule has 4 aromatic rings. The summed E-state index contributed by atoms with van der Waals surface area (Å²) in [6.45, 7) is 1.89. The van der Waals surface area contributed by atoms with Crippen molar-refractivity contribution in [2.24, 2.45) is 0 Å². The number of nitrogens with zero attached hydrogens (tertiary/aromatic N) is 7. The van der Waals surface area contributed by atoms with E-state index in [1.54, 1.807) is 28.9 Å². The summed E-state index contributed by atoms with van der Waals surface area (Å²) in [4.78, 5) is 12.7. The molecule has 0 fully saturated rings. The van der Waals surface area contributed by atoms with Crippen LogP contribution in [-0.2, 0) is 0 Å². The molecule has 0 saturated heterocycles. The number of fused-ring (bicyclic) bond motifs is 1. The minimum absolute atomic E-state index is 0.449.